The summed E-state index contributed by atoms with van der Waals surface area (Å²) in [5, 5.41) is 16.5. The third-order valence-electron chi connectivity index (χ3n) is 3.78. The maximum absolute atomic E-state index is 12.1. The summed E-state index contributed by atoms with van der Waals surface area (Å²) in [4.78, 5) is 22.4. The molecule has 3 rings (SSSR count). The van der Waals surface area contributed by atoms with Crippen LogP contribution >= 0.6 is 0 Å². The van der Waals surface area contributed by atoms with Crippen molar-refractivity contribution in [1.82, 2.24) is 5.32 Å². The van der Waals surface area contributed by atoms with Crippen LogP contribution in [-0.2, 0) is 4.79 Å². The molecule has 2 aromatic rings. The smallest absolute Gasteiger partial charge is 0.271 e. The van der Waals surface area contributed by atoms with E-state index in [0.717, 1.165) is 5.56 Å². The van der Waals surface area contributed by atoms with Crippen molar-refractivity contribution in [3.8, 4) is 11.5 Å². The van der Waals surface area contributed by atoms with Gasteiger partial charge in [-0.05, 0) is 30.7 Å². The first-order chi connectivity index (χ1) is 12.0. The summed E-state index contributed by atoms with van der Waals surface area (Å²) in [6.45, 7) is 2.07. The number of non-ortho nitro benzene ring substituents is 1. The van der Waals surface area contributed by atoms with Gasteiger partial charge >= 0.3 is 0 Å². The molecule has 2 aromatic carbocycles. The predicted octanol–water partition coefficient (Wildman–Crippen LogP) is 2.61. The molecule has 0 aromatic heterocycles. The number of nitro benzene ring substituents is 1. The fraction of sp³-hybridized carbons (Fsp3) is 0.235. The van der Waals surface area contributed by atoms with Gasteiger partial charge in [-0.25, -0.2) is 0 Å². The van der Waals surface area contributed by atoms with Gasteiger partial charge in [0.05, 0.1) is 17.5 Å². The van der Waals surface area contributed by atoms with Crippen LogP contribution in [0.25, 0.3) is 0 Å². The van der Waals surface area contributed by atoms with Crippen molar-refractivity contribution in [2.45, 2.75) is 13.0 Å². The lowest BCUT2D eigenvalue weighted by atomic mass is 10.1. The molecule has 0 aliphatic carbocycles. The van der Waals surface area contributed by atoms with E-state index in [1.165, 1.54) is 12.1 Å². The minimum absolute atomic E-state index is 0.00998. The summed E-state index contributed by atoms with van der Waals surface area (Å²) in [5.41, 5.74) is 1.38. The second-order valence-electron chi connectivity index (χ2n) is 5.56. The number of anilines is 1. The maximum atomic E-state index is 12.1. The van der Waals surface area contributed by atoms with Crippen molar-refractivity contribution in [1.29, 1.82) is 0 Å². The van der Waals surface area contributed by atoms with Crippen molar-refractivity contribution in [3.05, 3.63) is 58.1 Å². The second-order valence-corrected chi connectivity index (χ2v) is 5.56. The molecule has 0 spiro atoms. The van der Waals surface area contributed by atoms with Crippen molar-refractivity contribution in [2.75, 3.05) is 18.7 Å². The first-order valence-corrected chi connectivity index (χ1v) is 7.70. The molecule has 1 aliphatic rings. The van der Waals surface area contributed by atoms with Crippen LogP contribution in [0.3, 0.4) is 0 Å². The Morgan fingerprint density at radius 1 is 1.24 bits per heavy atom. The Kier molecular flexibility index (Phi) is 4.69. The third kappa shape index (κ3) is 3.97. The number of ether oxygens (including phenoxy) is 2. The molecule has 0 radical (unpaired) electrons. The zero-order chi connectivity index (χ0) is 17.8. The number of carbonyl (C=O) groups excluding carboxylic acids is 1. The molecule has 130 valence electrons. The van der Waals surface area contributed by atoms with Crippen molar-refractivity contribution in [3.63, 3.8) is 0 Å². The largest absolute Gasteiger partial charge is 0.454 e. The number of nitrogens with one attached hydrogen (secondary N) is 2. The highest BCUT2D eigenvalue weighted by molar-refractivity contribution is 5.81. The Hall–Kier alpha value is -3.29. The number of rotatable bonds is 6. The van der Waals surface area contributed by atoms with E-state index in [1.54, 1.807) is 12.1 Å². The Balaban J connectivity index is 1.55. The van der Waals surface area contributed by atoms with E-state index in [1.807, 2.05) is 25.1 Å². The Morgan fingerprint density at radius 2 is 2.04 bits per heavy atom. The molecule has 0 unspecified atom stereocenters. The Labute approximate surface area is 143 Å². The summed E-state index contributed by atoms with van der Waals surface area (Å²) >= 11 is 0. The number of nitrogens with zero attached hydrogens (tertiary/aromatic N) is 1. The highest BCUT2D eigenvalue weighted by atomic mass is 16.7. The van der Waals surface area contributed by atoms with Gasteiger partial charge in [-0.15, -0.1) is 0 Å². The number of hydrogen-bond donors (Lipinski definition) is 2. The highest BCUT2D eigenvalue weighted by Gasteiger charge is 2.17. The van der Waals surface area contributed by atoms with Gasteiger partial charge in [-0.2, -0.15) is 0 Å². The van der Waals surface area contributed by atoms with E-state index in [0.29, 0.717) is 17.2 Å². The zero-order valence-electron chi connectivity index (χ0n) is 13.5. The minimum atomic E-state index is -0.479. The average molecular weight is 343 g/mol. The van der Waals surface area contributed by atoms with Crippen LogP contribution in [0.4, 0.5) is 11.4 Å². The summed E-state index contributed by atoms with van der Waals surface area (Å²) in [7, 11) is 0. The molecule has 0 saturated carbocycles. The van der Waals surface area contributed by atoms with Gasteiger partial charge in [0.2, 0.25) is 12.7 Å². The normalized spacial score (nSPS) is 13.2. The summed E-state index contributed by atoms with van der Waals surface area (Å²) in [6.07, 6.45) is 0. The van der Waals surface area contributed by atoms with E-state index >= 15 is 0 Å². The van der Waals surface area contributed by atoms with Crippen LogP contribution in [-0.4, -0.2) is 24.2 Å². The molecular formula is C17H17N3O5. The molecular weight excluding hydrogens is 326 g/mol. The van der Waals surface area contributed by atoms with Crippen LogP contribution < -0.4 is 20.1 Å². The molecule has 8 heteroatoms. The molecule has 1 heterocycles. The molecule has 0 fully saturated rings. The molecule has 2 N–H and O–H groups in total. The SMILES string of the molecule is C[C@H](NC(=O)CNc1cccc([N+](=O)[O-])c1)c1ccc2c(c1)OCO2. The van der Waals surface area contributed by atoms with Gasteiger partial charge in [-0.3, -0.25) is 14.9 Å². The molecule has 25 heavy (non-hydrogen) atoms. The molecule has 0 bridgehead atoms. The number of benzene rings is 2. The monoisotopic (exact) mass is 343 g/mol. The quantitative estimate of drug-likeness (QED) is 0.617. The lowest BCUT2D eigenvalue weighted by Gasteiger charge is -2.15. The van der Waals surface area contributed by atoms with E-state index in [2.05, 4.69) is 10.6 Å². The molecule has 8 nitrogen and oxygen atoms in total. The standard InChI is InChI=1S/C17H17N3O5/c1-11(12-5-6-15-16(7-12)25-10-24-15)19-17(21)9-18-13-3-2-4-14(8-13)20(22)23/h2-8,11,18H,9-10H2,1H3,(H,19,21)/t11-/m0/s1. The van der Waals surface area contributed by atoms with Crippen molar-refractivity contribution in [2.24, 2.45) is 0 Å². The van der Waals surface area contributed by atoms with Gasteiger partial charge in [0, 0.05) is 17.8 Å². The molecule has 1 aliphatic heterocycles. The number of carbonyl (C=O) groups is 1. The topological polar surface area (TPSA) is 103 Å². The lowest BCUT2D eigenvalue weighted by molar-refractivity contribution is -0.384. The predicted molar refractivity (Wildman–Crippen MR) is 90.7 cm³/mol. The first kappa shape index (κ1) is 16.6. The number of nitro groups is 1. The van der Waals surface area contributed by atoms with Crippen LogP contribution in [0.2, 0.25) is 0 Å². The average Bonchev–Trinajstić information content (AvgIpc) is 3.07. The van der Waals surface area contributed by atoms with Crippen LogP contribution in [0.5, 0.6) is 11.5 Å². The Morgan fingerprint density at radius 3 is 2.84 bits per heavy atom. The van der Waals surface area contributed by atoms with E-state index in [9.17, 15) is 14.9 Å². The number of fused-ring (bicyclic) bond motifs is 1. The van der Waals surface area contributed by atoms with Crippen molar-refractivity contribution < 1.29 is 19.2 Å². The van der Waals surface area contributed by atoms with Crippen LogP contribution in [0, 0.1) is 10.1 Å². The molecule has 1 atom stereocenters. The Bertz CT molecular complexity index is 809. The lowest BCUT2D eigenvalue weighted by Crippen LogP contribution is -2.32. The number of hydrogen-bond acceptors (Lipinski definition) is 6. The third-order valence-corrected chi connectivity index (χ3v) is 3.78. The van der Waals surface area contributed by atoms with E-state index in [4.69, 9.17) is 9.47 Å². The zero-order valence-corrected chi connectivity index (χ0v) is 13.5. The van der Waals surface area contributed by atoms with Crippen molar-refractivity contribution >= 4 is 17.3 Å². The number of amides is 1. The second kappa shape index (κ2) is 7.08. The van der Waals surface area contributed by atoms with Gasteiger partial charge in [0.25, 0.3) is 5.69 Å². The van der Waals surface area contributed by atoms with Crippen LogP contribution in [0.1, 0.15) is 18.5 Å². The van der Waals surface area contributed by atoms with Gasteiger partial charge in [0.15, 0.2) is 11.5 Å². The van der Waals surface area contributed by atoms with Gasteiger partial charge < -0.3 is 20.1 Å². The summed E-state index contributed by atoms with van der Waals surface area (Å²) in [5.74, 6) is 1.12. The van der Waals surface area contributed by atoms with Gasteiger partial charge in [0.1, 0.15) is 0 Å². The molecule has 0 saturated heterocycles. The molecule has 1 amide bonds. The maximum Gasteiger partial charge on any atom is 0.271 e. The summed E-state index contributed by atoms with van der Waals surface area (Å²) < 4.78 is 10.6. The fourth-order valence-corrected chi connectivity index (χ4v) is 2.47. The van der Waals surface area contributed by atoms with E-state index in [-0.39, 0.29) is 31.0 Å². The first-order valence-electron chi connectivity index (χ1n) is 7.70. The fourth-order valence-electron chi connectivity index (χ4n) is 2.47. The van der Waals surface area contributed by atoms with Gasteiger partial charge in [-0.1, -0.05) is 12.1 Å². The minimum Gasteiger partial charge on any atom is -0.454 e. The highest BCUT2D eigenvalue weighted by Crippen LogP contribution is 2.34. The van der Waals surface area contributed by atoms with E-state index < -0.39 is 4.92 Å². The summed E-state index contributed by atoms with van der Waals surface area (Å²) in [6, 6.07) is 11.3. The van der Waals surface area contributed by atoms with Crippen LogP contribution in [0.15, 0.2) is 42.5 Å².